The first-order valence-electron chi connectivity index (χ1n) is 4.80. The van der Waals surface area contributed by atoms with Crippen LogP contribution in [0.15, 0.2) is 23.1 Å². The van der Waals surface area contributed by atoms with Crippen LogP contribution in [-0.2, 0) is 10.0 Å². The topological polar surface area (TPSA) is 63.4 Å². The largest absolute Gasteiger partial charge is 0.320 e. The molecule has 92 valence electrons. The Morgan fingerprint density at radius 3 is 2.53 bits per heavy atom. The summed E-state index contributed by atoms with van der Waals surface area (Å²) in [4.78, 5) is 0.0717. The molecular formula is C11H13ClN2O2S. The van der Waals surface area contributed by atoms with Crippen LogP contribution in [0.25, 0.3) is 0 Å². The van der Waals surface area contributed by atoms with Crippen molar-refractivity contribution in [2.75, 3.05) is 20.6 Å². The summed E-state index contributed by atoms with van der Waals surface area (Å²) in [5.41, 5.74) is 5.88. The zero-order valence-electron chi connectivity index (χ0n) is 9.57. The Bertz CT molecular complexity index is 571. The van der Waals surface area contributed by atoms with Crippen molar-refractivity contribution in [3.63, 3.8) is 0 Å². The molecule has 2 N–H and O–H groups in total. The van der Waals surface area contributed by atoms with Gasteiger partial charge in [-0.2, -0.15) is 0 Å². The monoisotopic (exact) mass is 272 g/mol. The second-order valence-corrected chi connectivity index (χ2v) is 5.97. The van der Waals surface area contributed by atoms with Crippen molar-refractivity contribution in [3.8, 4) is 11.8 Å². The highest BCUT2D eigenvalue weighted by atomic mass is 35.5. The molecule has 6 heteroatoms. The number of hydrogen-bond acceptors (Lipinski definition) is 3. The van der Waals surface area contributed by atoms with Crippen molar-refractivity contribution in [2.24, 2.45) is 5.73 Å². The molecule has 0 atom stereocenters. The maximum Gasteiger partial charge on any atom is 0.244 e. The van der Waals surface area contributed by atoms with Crippen molar-refractivity contribution < 1.29 is 8.42 Å². The number of hydrogen-bond donors (Lipinski definition) is 1. The second kappa shape index (κ2) is 5.52. The SMILES string of the molecule is CN(C)S(=O)(=O)c1ccc(C#CCN)cc1Cl. The highest BCUT2D eigenvalue weighted by Gasteiger charge is 2.20. The van der Waals surface area contributed by atoms with E-state index in [0.29, 0.717) is 5.56 Å². The van der Waals surface area contributed by atoms with Gasteiger partial charge in [0.25, 0.3) is 0 Å². The number of nitrogens with two attached hydrogens (primary N) is 1. The zero-order chi connectivity index (χ0) is 13.1. The second-order valence-electron chi connectivity index (χ2n) is 3.44. The standard InChI is InChI=1S/C11H13ClN2O2S/c1-14(2)17(15,16)11-6-5-9(4-3-7-13)8-10(11)12/h5-6,8H,7,13H2,1-2H3. The van der Waals surface area contributed by atoms with E-state index in [9.17, 15) is 8.42 Å². The lowest BCUT2D eigenvalue weighted by atomic mass is 10.2. The fourth-order valence-corrected chi connectivity index (χ4v) is 2.55. The van der Waals surface area contributed by atoms with E-state index >= 15 is 0 Å². The molecule has 0 bridgehead atoms. The van der Waals surface area contributed by atoms with Crippen molar-refractivity contribution in [2.45, 2.75) is 4.90 Å². The van der Waals surface area contributed by atoms with Crippen LogP contribution in [-0.4, -0.2) is 33.4 Å². The molecule has 0 unspecified atom stereocenters. The molecule has 1 aromatic carbocycles. The van der Waals surface area contributed by atoms with Gasteiger partial charge < -0.3 is 5.73 Å². The summed E-state index contributed by atoms with van der Waals surface area (Å²) >= 11 is 5.93. The Hall–Kier alpha value is -1.06. The summed E-state index contributed by atoms with van der Waals surface area (Å²) in [5.74, 6) is 5.46. The summed E-state index contributed by atoms with van der Waals surface area (Å²) in [6.07, 6.45) is 0. The molecule has 17 heavy (non-hydrogen) atoms. The average Bonchev–Trinajstić information content (AvgIpc) is 2.25. The average molecular weight is 273 g/mol. The Labute approximate surface area is 106 Å². The van der Waals surface area contributed by atoms with Crippen LogP contribution in [0.1, 0.15) is 5.56 Å². The highest BCUT2D eigenvalue weighted by Crippen LogP contribution is 2.24. The van der Waals surface area contributed by atoms with Gasteiger partial charge in [-0.15, -0.1) is 0 Å². The van der Waals surface area contributed by atoms with Gasteiger partial charge in [-0.3, -0.25) is 0 Å². The number of rotatable bonds is 2. The van der Waals surface area contributed by atoms with E-state index in [-0.39, 0.29) is 16.5 Å². The van der Waals surface area contributed by atoms with E-state index in [2.05, 4.69) is 11.8 Å². The molecule has 0 saturated heterocycles. The van der Waals surface area contributed by atoms with Gasteiger partial charge in [0.05, 0.1) is 11.6 Å². The molecule has 0 aliphatic carbocycles. The molecule has 0 aliphatic rings. The Kier molecular flexibility index (Phi) is 4.54. The molecule has 0 saturated carbocycles. The smallest absolute Gasteiger partial charge is 0.244 e. The van der Waals surface area contributed by atoms with Gasteiger partial charge in [-0.25, -0.2) is 12.7 Å². The van der Waals surface area contributed by atoms with Crippen LogP contribution in [0.5, 0.6) is 0 Å². The summed E-state index contributed by atoms with van der Waals surface area (Å²) in [6.45, 7) is 0.245. The van der Waals surface area contributed by atoms with Gasteiger partial charge >= 0.3 is 0 Å². The lowest BCUT2D eigenvalue weighted by molar-refractivity contribution is 0.521. The minimum atomic E-state index is -3.52. The van der Waals surface area contributed by atoms with Gasteiger partial charge in [0.1, 0.15) is 4.90 Å². The molecule has 0 radical (unpaired) electrons. The first-order chi connectivity index (χ1) is 7.89. The van der Waals surface area contributed by atoms with E-state index in [0.717, 1.165) is 4.31 Å². The maximum absolute atomic E-state index is 11.9. The van der Waals surface area contributed by atoms with Gasteiger partial charge in [-0.05, 0) is 18.2 Å². The van der Waals surface area contributed by atoms with E-state index < -0.39 is 10.0 Å². The quantitative estimate of drug-likeness (QED) is 0.814. The molecule has 4 nitrogen and oxygen atoms in total. The van der Waals surface area contributed by atoms with E-state index in [1.165, 1.54) is 26.2 Å². The van der Waals surface area contributed by atoms with E-state index in [4.69, 9.17) is 17.3 Å². The molecule has 0 aliphatic heterocycles. The molecule has 1 rings (SSSR count). The highest BCUT2D eigenvalue weighted by molar-refractivity contribution is 7.89. The van der Waals surface area contributed by atoms with Crippen LogP contribution in [0, 0.1) is 11.8 Å². The third-order valence-electron chi connectivity index (χ3n) is 2.03. The molecule has 0 heterocycles. The van der Waals surface area contributed by atoms with Crippen molar-refractivity contribution in [1.29, 1.82) is 0 Å². The normalized spacial score (nSPS) is 11.1. The summed E-state index contributed by atoms with van der Waals surface area (Å²) in [6, 6.07) is 4.56. The summed E-state index contributed by atoms with van der Waals surface area (Å²) in [7, 11) is -0.612. The zero-order valence-corrected chi connectivity index (χ0v) is 11.1. The van der Waals surface area contributed by atoms with Gasteiger partial charge in [0.2, 0.25) is 10.0 Å². The predicted molar refractivity (Wildman–Crippen MR) is 68.3 cm³/mol. The van der Waals surface area contributed by atoms with Crippen LogP contribution in [0.4, 0.5) is 0 Å². The minimum Gasteiger partial charge on any atom is -0.320 e. The minimum absolute atomic E-state index is 0.0717. The Balaban J connectivity index is 3.24. The lowest BCUT2D eigenvalue weighted by Crippen LogP contribution is -2.22. The van der Waals surface area contributed by atoms with Crippen LogP contribution < -0.4 is 5.73 Å². The molecular weight excluding hydrogens is 260 g/mol. The van der Waals surface area contributed by atoms with E-state index in [1.54, 1.807) is 6.07 Å². The first-order valence-corrected chi connectivity index (χ1v) is 6.62. The molecule has 0 spiro atoms. The third-order valence-corrected chi connectivity index (χ3v) is 4.32. The van der Waals surface area contributed by atoms with Gasteiger partial charge in [0.15, 0.2) is 0 Å². The number of benzene rings is 1. The maximum atomic E-state index is 11.9. The number of sulfonamides is 1. The summed E-state index contributed by atoms with van der Waals surface area (Å²) in [5, 5.41) is 0.155. The molecule has 0 amide bonds. The number of nitrogens with zero attached hydrogens (tertiary/aromatic N) is 1. The van der Waals surface area contributed by atoms with Gasteiger partial charge in [0, 0.05) is 19.7 Å². The fraction of sp³-hybridized carbons (Fsp3) is 0.273. The van der Waals surface area contributed by atoms with Crippen LogP contribution in [0.3, 0.4) is 0 Å². The van der Waals surface area contributed by atoms with Crippen molar-refractivity contribution >= 4 is 21.6 Å². The van der Waals surface area contributed by atoms with Gasteiger partial charge in [-0.1, -0.05) is 23.4 Å². The molecule has 0 aromatic heterocycles. The number of halogens is 1. The molecule has 0 fully saturated rings. The Morgan fingerprint density at radius 1 is 1.41 bits per heavy atom. The Morgan fingerprint density at radius 2 is 2.06 bits per heavy atom. The van der Waals surface area contributed by atoms with Crippen LogP contribution in [0.2, 0.25) is 5.02 Å². The fourth-order valence-electron chi connectivity index (χ4n) is 1.14. The van der Waals surface area contributed by atoms with Crippen LogP contribution >= 0.6 is 11.6 Å². The van der Waals surface area contributed by atoms with Crippen molar-refractivity contribution in [3.05, 3.63) is 28.8 Å². The lowest BCUT2D eigenvalue weighted by Gasteiger charge is -2.12. The van der Waals surface area contributed by atoms with E-state index in [1.807, 2.05) is 0 Å². The predicted octanol–water partition coefficient (Wildman–Crippen LogP) is 0.901. The third kappa shape index (κ3) is 3.20. The van der Waals surface area contributed by atoms with Crippen molar-refractivity contribution in [1.82, 2.24) is 4.31 Å². The molecule has 1 aromatic rings. The summed E-state index contributed by atoms with van der Waals surface area (Å²) < 4.78 is 24.8. The first kappa shape index (κ1) is 14.0.